The fraction of sp³-hybridized carbons (Fsp3) is 0.381. The van der Waals surface area contributed by atoms with Gasteiger partial charge in [-0.3, -0.25) is 4.98 Å². The van der Waals surface area contributed by atoms with Crippen LogP contribution in [0.1, 0.15) is 45.6 Å². The minimum Gasteiger partial charge on any atom is -0.457 e. The molecule has 0 fully saturated rings. The Morgan fingerprint density at radius 3 is 2.77 bits per heavy atom. The molecule has 0 radical (unpaired) electrons. The van der Waals surface area contributed by atoms with Gasteiger partial charge in [-0.2, -0.15) is 0 Å². The number of rotatable bonds is 8. The predicted octanol–water partition coefficient (Wildman–Crippen LogP) is 5.87. The molecular formula is C21H25ClFNO2. The summed E-state index contributed by atoms with van der Waals surface area (Å²) < 4.78 is 19.2. The number of aromatic nitrogens is 1. The normalized spacial score (nSPS) is 13.5. The van der Waals surface area contributed by atoms with Crippen LogP contribution in [0.4, 0.5) is 4.39 Å². The van der Waals surface area contributed by atoms with Crippen molar-refractivity contribution >= 4 is 17.7 Å². The summed E-state index contributed by atoms with van der Waals surface area (Å²) in [5.74, 6) is 0.213. The average molecular weight is 378 g/mol. The Kier molecular flexibility index (Phi) is 7.18. The molecule has 0 saturated carbocycles. The molecule has 1 atom stereocenters. The van der Waals surface area contributed by atoms with Gasteiger partial charge in [-0.05, 0) is 47.7 Å². The van der Waals surface area contributed by atoms with Crippen LogP contribution in [0.5, 0.6) is 5.75 Å². The summed E-state index contributed by atoms with van der Waals surface area (Å²) in [6.45, 7) is 6.11. The van der Waals surface area contributed by atoms with Gasteiger partial charge in [0.1, 0.15) is 23.4 Å². The zero-order chi connectivity index (χ0) is 19.2. The molecule has 2 aromatic rings. The maximum absolute atomic E-state index is 13.3. The number of aliphatic hydroxyl groups is 1. The molecule has 0 saturated heterocycles. The largest absolute Gasteiger partial charge is 0.457 e. The molecule has 0 aliphatic heterocycles. The van der Waals surface area contributed by atoms with Gasteiger partial charge >= 0.3 is 0 Å². The average Bonchev–Trinajstić information content (AvgIpc) is 2.62. The number of pyridine rings is 1. The smallest absolute Gasteiger partial charge is 0.145 e. The Bertz CT molecular complexity index is 747. The topological polar surface area (TPSA) is 42.4 Å². The number of hydrogen-bond acceptors (Lipinski definition) is 3. The van der Waals surface area contributed by atoms with Crippen LogP contribution in [0.15, 0.2) is 48.5 Å². The summed E-state index contributed by atoms with van der Waals surface area (Å²) in [7, 11) is 0. The highest BCUT2D eigenvalue weighted by atomic mass is 35.5. The first-order valence-electron chi connectivity index (χ1n) is 8.76. The van der Waals surface area contributed by atoms with E-state index in [2.05, 4.69) is 11.9 Å². The van der Waals surface area contributed by atoms with Crippen molar-refractivity contribution in [1.29, 1.82) is 0 Å². The van der Waals surface area contributed by atoms with Crippen molar-refractivity contribution in [2.24, 2.45) is 5.41 Å². The van der Waals surface area contributed by atoms with Gasteiger partial charge < -0.3 is 9.84 Å². The molecule has 1 unspecified atom stereocenters. The van der Waals surface area contributed by atoms with E-state index in [1.54, 1.807) is 18.5 Å². The molecule has 0 aliphatic carbocycles. The van der Waals surface area contributed by atoms with E-state index in [4.69, 9.17) is 16.3 Å². The lowest BCUT2D eigenvalue weighted by Gasteiger charge is -2.32. The lowest BCUT2D eigenvalue weighted by atomic mass is 9.80. The van der Waals surface area contributed by atoms with E-state index in [0.717, 1.165) is 24.8 Å². The van der Waals surface area contributed by atoms with E-state index >= 15 is 0 Å². The first-order valence-corrected chi connectivity index (χ1v) is 9.14. The van der Waals surface area contributed by atoms with Crippen molar-refractivity contribution in [3.05, 3.63) is 64.9 Å². The quantitative estimate of drug-likeness (QED) is 0.585. The van der Waals surface area contributed by atoms with Gasteiger partial charge in [-0.25, -0.2) is 4.39 Å². The zero-order valence-corrected chi connectivity index (χ0v) is 16.1. The fourth-order valence-electron chi connectivity index (χ4n) is 2.63. The van der Waals surface area contributed by atoms with Gasteiger partial charge in [0.15, 0.2) is 0 Å². The van der Waals surface area contributed by atoms with Crippen LogP contribution in [0.3, 0.4) is 0 Å². The van der Waals surface area contributed by atoms with E-state index in [0.29, 0.717) is 11.5 Å². The number of ether oxygens (including phenoxy) is 1. The summed E-state index contributed by atoms with van der Waals surface area (Å²) in [4.78, 5) is 4.09. The second-order valence-electron chi connectivity index (χ2n) is 7.00. The minimum absolute atomic E-state index is 0.153. The SMILES string of the molecule is CCCCC(C)(C)C(O)C(=Cc1cccnc1)Oc1ccc(F)cc1Cl. The maximum atomic E-state index is 13.3. The van der Waals surface area contributed by atoms with E-state index in [9.17, 15) is 9.50 Å². The Balaban J connectivity index is 2.37. The van der Waals surface area contributed by atoms with Crippen LogP contribution in [-0.4, -0.2) is 16.2 Å². The third-order valence-electron chi connectivity index (χ3n) is 4.30. The molecule has 3 nitrogen and oxygen atoms in total. The second kappa shape index (κ2) is 9.15. The first-order chi connectivity index (χ1) is 12.3. The minimum atomic E-state index is -0.852. The van der Waals surface area contributed by atoms with Crippen LogP contribution in [0.25, 0.3) is 6.08 Å². The number of halogens is 2. The van der Waals surface area contributed by atoms with Crippen molar-refractivity contribution < 1.29 is 14.2 Å². The monoisotopic (exact) mass is 377 g/mol. The number of unbranched alkanes of at least 4 members (excludes halogenated alkanes) is 1. The fourth-order valence-corrected chi connectivity index (χ4v) is 2.83. The number of benzene rings is 1. The highest BCUT2D eigenvalue weighted by molar-refractivity contribution is 6.32. The third kappa shape index (κ3) is 5.55. The number of aliphatic hydroxyl groups excluding tert-OH is 1. The van der Waals surface area contributed by atoms with E-state index in [-0.39, 0.29) is 5.02 Å². The molecule has 0 bridgehead atoms. The number of hydrogen-bond donors (Lipinski definition) is 1. The van der Waals surface area contributed by atoms with Crippen molar-refractivity contribution in [3.63, 3.8) is 0 Å². The van der Waals surface area contributed by atoms with Crippen molar-refractivity contribution in [2.45, 2.75) is 46.1 Å². The van der Waals surface area contributed by atoms with Crippen molar-refractivity contribution in [2.75, 3.05) is 0 Å². The van der Waals surface area contributed by atoms with Gasteiger partial charge in [0.2, 0.25) is 0 Å². The molecular weight excluding hydrogens is 353 g/mol. The molecule has 0 spiro atoms. The summed E-state index contributed by atoms with van der Waals surface area (Å²) in [5, 5.41) is 11.2. The summed E-state index contributed by atoms with van der Waals surface area (Å²) in [6.07, 6.45) is 7.14. The third-order valence-corrected chi connectivity index (χ3v) is 4.59. The predicted molar refractivity (Wildman–Crippen MR) is 104 cm³/mol. The van der Waals surface area contributed by atoms with Crippen LogP contribution in [0.2, 0.25) is 5.02 Å². The lowest BCUT2D eigenvalue weighted by Crippen LogP contribution is -2.33. The van der Waals surface area contributed by atoms with Crippen molar-refractivity contribution in [3.8, 4) is 5.75 Å². The summed E-state index contributed by atoms with van der Waals surface area (Å²) in [5.41, 5.74) is 0.405. The van der Waals surface area contributed by atoms with Crippen molar-refractivity contribution in [1.82, 2.24) is 4.98 Å². The maximum Gasteiger partial charge on any atom is 0.145 e. The van der Waals surface area contributed by atoms with Crippen LogP contribution >= 0.6 is 11.6 Å². The standard InChI is InChI=1S/C21H25ClFNO2/c1-4-5-10-21(2,3)20(25)19(12-15-7-6-11-24-14-15)26-18-9-8-16(23)13-17(18)22/h6-9,11-14,20,25H,4-5,10H2,1-3H3. The molecule has 1 aromatic carbocycles. The molecule has 140 valence electrons. The molecule has 2 rings (SSSR count). The molecule has 0 aliphatic rings. The van der Waals surface area contributed by atoms with Gasteiger partial charge in [-0.15, -0.1) is 0 Å². The molecule has 1 heterocycles. The van der Waals surface area contributed by atoms with Gasteiger partial charge in [-0.1, -0.05) is 51.3 Å². The zero-order valence-electron chi connectivity index (χ0n) is 15.4. The molecule has 1 N–H and O–H groups in total. The van der Waals surface area contributed by atoms with Gasteiger partial charge in [0.25, 0.3) is 0 Å². The highest BCUT2D eigenvalue weighted by Gasteiger charge is 2.32. The molecule has 26 heavy (non-hydrogen) atoms. The Morgan fingerprint density at radius 2 is 2.15 bits per heavy atom. The molecule has 0 amide bonds. The van der Waals surface area contributed by atoms with E-state index in [1.807, 2.05) is 26.0 Å². The highest BCUT2D eigenvalue weighted by Crippen LogP contribution is 2.35. The van der Waals surface area contributed by atoms with Gasteiger partial charge in [0, 0.05) is 12.4 Å². The molecule has 5 heteroatoms. The Labute approximate surface area is 159 Å². The lowest BCUT2D eigenvalue weighted by molar-refractivity contribution is 0.0449. The second-order valence-corrected chi connectivity index (χ2v) is 7.41. The Morgan fingerprint density at radius 1 is 1.38 bits per heavy atom. The van der Waals surface area contributed by atoms with E-state index < -0.39 is 17.3 Å². The Hall–Kier alpha value is -1.91. The summed E-state index contributed by atoms with van der Waals surface area (Å²) >= 11 is 6.09. The molecule has 1 aromatic heterocycles. The van der Waals surface area contributed by atoms with E-state index in [1.165, 1.54) is 18.2 Å². The van der Waals surface area contributed by atoms with Crippen LogP contribution in [-0.2, 0) is 0 Å². The summed E-state index contributed by atoms with van der Waals surface area (Å²) in [6, 6.07) is 7.60. The van der Waals surface area contributed by atoms with Crippen LogP contribution < -0.4 is 4.74 Å². The first kappa shape index (κ1) is 20.4. The van der Waals surface area contributed by atoms with Gasteiger partial charge in [0.05, 0.1) is 5.02 Å². The number of nitrogens with zero attached hydrogens (tertiary/aromatic N) is 1. The van der Waals surface area contributed by atoms with Crippen LogP contribution in [0, 0.1) is 11.2 Å².